The second kappa shape index (κ2) is 9.99. The number of hydrogen-bond donors (Lipinski definition) is 1. The molecule has 1 N–H and O–H groups in total. The highest BCUT2D eigenvalue weighted by molar-refractivity contribution is 9.10. The van der Waals surface area contributed by atoms with Crippen LogP contribution >= 0.6 is 27.3 Å². The maximum Gasteiger partial charge on any atom is 0.268 e. The van der Waals surface area contributed by atoms with E-state index in [1.807, 2.05) is 0 Å². The van der Waals surface area contributed by atoms with Crippen molar-refractivity contribution in [2.45, 2.75) is 10.9 Å². The van der Waals surface area contributed by atoms with Crippen molar-refractivity contribution >= 4 is 54.2 Å². The minimum atomic E-state index is -3.55. The lowest BCUT2D eigenvalue weighted by atomic mass is 10.1. The van der Waals surface area contributed by atoms with Gasteiger partial charge in [0.2, 0.25) is 19.3 Å². The minimum Gasteiger partial charge on any atom is -0.488 e. The van der Waals surface area contributed by atoms with Crippen molar-refractivity contribution in [3.63, 3.8) is 0 Å². The van der Waals surface area contributed by atoms with Crippen molar-refractivity contribution in [3.8, 4) is 11.8 Å². The number of nitrogens with one attached hydrogen (secondary N) is 1. The molecule has 32 heavy (non-hydrogen) atoms. The normalized spacial score (nSPS) is 11.6. The molecule has 0 saturated heterocycles. The quantitative estimate of drug-likeness (QED) is 0.275. The zero-order valence-electron chi connectivity index (χ0n) is 16.4. The molecule has 0 aliphatic carbocycles. The van der Waals surface area contributed by atoms with Crippen LogP contribution in [0.4, 0.5) is 9.52 Å². The molecule has 3 rings (SSSR count). The van der Waals surface area contributed by atoms with E-state index in [4.69, 9.17) is 4.74 Å². The van der Waals surface area contributed by atoms with Gasteiger partial charge in [-0.15, -0.1) is 10.2 Å². The summed E-state index contributed by atoms with van der Waals surface area (Å²) in [7, 11) is -3.55. The summed E-state index contributed by atoms with van der Waals surface area (Å²) in [6.45, 7) is 0.0314. The first-order valence-electron chi connectivity index (χ1n) is 8.80. The number of halogens is 2. The van der Waals surface area contributed by atoms with Gasteiger partial charge in [-0.1, -0.05) is 35.6 Å². The topological polar surface area (TPSA) is 122 Å². The summed E-state index contributed by atoms with van der Waals surface area (Å²) in [5.41, 5.74) is 0.700. The van der Waals surface area contributed by atoms with Crippen LogP contribution in [0.1, 0.15) is 11.1 Å². The average molecular weight is 537 g/mol. The maximum absolute atomic E-state index is 13.7. The van der Waals surface area contributed by atoms with Gasteiger partial charge in [0, 0.05) is 11.8 Å². The molecule has 1 aromatic heterocycles. The number of nitriles is 1. The highest BCUT2D eigenvalue weighted by atomic mass is 79.9. The van der Waals surface area contributed by atoms with Crippen molar-refractivity contribution in [2.75, 3.05) is 11.6 Å². The van der Waals surface area contributed by atoms with Gasteiger partial charge in [-0.05, 0) is 45.8 Å². The molecule has 2 aromatic carbocycles. The lowest BCUT2D eigenvalue weighted by Crippen LogP contribution is -2.13. The predicted octanol–water partition coefficient (Wildman–Crippen LogP) is 3.97. The second-order valence-electron chi connectivity index (χ2n) is 6.34. The van der Waals surface area contributed by atoms with E-state index in [-0.39, 0.29) is 27.5 Å². The van der Waals surface area contributed by atoms with Crippen LogP contribution in [0.5, 0.6) is 5.75 Å². The summed E-state index contributed by atoms with van der Waals surface area (Å²) < 4.78 is 42.6. The maximum atomic E-state index is 13.7. The molecule has 12 heteroatoms. The van der Waals surface area contributed by atoms with Gasteiger partial charge in [-0.2, -0.15) is 5.26 Å². The third-order valence-electron chi connectivity index (χ3n) is 3.92. The number of amides is 1. The van der Waals surface area contributed by atoms with Gasteiger partial charge in [0.05, 0.1) is 4.47 Å². The molecule has 0 atom stereocenters. The molecule has 0 bridgehead atoms. The fourth-order valence-electron chi connectivity index (χ4n) is 2.38. The molecule has 0 spiro atoms. The molecular formula is C20H14BrFN4O4S2. The van der Waals surface area contributed by atoms with Crippen molar-refractivity contribution in [2.24, 2.45) is 0 Å². The van der Waals surface area contributed by atoms with E-state index in [2.05, 4.69) is 31.4 Å². The molecule has 164 valence electrons. The number of rotatable bonds is 7. The Balaban J connectivity index is 1.72. The molecule has 0 fully saturated rings. The molecule has 0 aliphatic rings. The third kappa shape index (κ3) is 5.97. The Kier molecular flexibility index (Phi) is 7.34. The second-order valence-corrected chi connectivity index (χ2v) is 10.4. The number of carbonyl (C=O) groups is 1. The lowest BCUT2D eigenvalue weighted by molar-refractivity contribution is -0.112. The van der Waals surface area contributed by atoms with Crippen LogP contribution in [0.3, 0.4) is 0 Å². The van der Waals surface area contributed by atoms with Crippen molar-refractivity contribution in [3.05, 3.63) is 69.5 Å². The Morgan fingerprint density at radius 2 is 2.06 bits per heavy atom. The Hall–Kier alpha value is -3.14. The fraction of sp³-hybridized carbons (Fsp3) is 0.100. The van der Waals surface area contributed by atoms with Crippen LogP contribution in [0.2, 0.25) is 0 Å². The summed E-state index contributed by atoms with van der Waals surface area (Å²) in [6, 6.07) is 12.9. The predicted molar refractivity (Wildman–Crippen MR) is 120 cm³/mol. The number of nitrogens with zero attached hydrogens (tertiary/aromatic N) is 3. The molecule has 1 heterocycles. The number of anilines is 1. The number of ether oxygens (including phenoxy) is 1. The molecule has 1 amide bonds. The minimum absolute atomic E-state index is 0.0314. The molecule has 8 nitrogen and oxygen atoms in total. The molecule has 0 saturated carbocycles. The molecule has 0 radical (unpaired) electrons. The SMILES string of the molecule is CS(=O)(=O)c1nnc(NC(=O)/C(C#N)=C\c2ccc(OCc3ccccc3F)c(Br)c2)s1. The summed E-state index contributed by atoms with van der Waals surface area (Å²) in [5, 5.41) is 18.7. The van der Waals surface area contributed by atoms with Crippen molar-refractivity contribution < 1.29 is 22.3 Å². The number of sulfone groups is 1. The fourth-order valence-corrected chi connectivity index (χ4v) is 4.40. The zero-order valence-corrected chi connectivity index (χ0v) is 19.6. The van der Waals surface area contributed by atoms with Gasteiger partial charge in [-0.3, -0.25) is 10.1 Å². The number of carbonyl (C=O) groups excluding carboxylic acids is 1. The standard InChI is InChI=1S/C20H14BrFN4O4S2/c1-32(28,29)20-26-25-19(31-20)24-18(27)14(10-23)8-12-6-7-17(15(21)9-12)30-11-13-4-2-3-5-16(13)22/h2-9H,11H2,1H3,(H,24,25,27)/b14-8-. The van der Waals surface area contributed by atoms with Gasteiger partial charge in [0.15, 0.2) is 0 Å². The highest BCUT2D eigenvalue weighted by Gasteiger charge is 2.17. The van der Waals surface area contributed by atoms with E-state index in [0.29, 0.717) is 32.7 Å². The van der Waals surface area contributed by atoms with Gasteiger partial charge >= 0.3 is 0 Å². The van der Waals surface area contributed by atoms with Gasteiger partial charge in [0.1, 0.15) is 29.8 Å². The summed E-state index contributed by atoms with van der Waals surface area (Å²) in [4.78, 5) is 12.4. The third-order valence-corrected chi connectivity index (χ3v) is 7.04. The van der Waals surface area contributed by atoms with E-state index in [1.165, 1.54) is 12.1 Å². The van der Waals surface area contributed by atoms with E-state index < -0.39 is 15.7 Å². The Morgan fingerprint density at radius 1 is 1.31 bits per heavy atom. The Morgan fingerprint density at radius 3 is 2.69 bits per heavy atom. The number of hydrogen-bond acceptors (Lipinski definition) is 8. The Bertz CT molecular complexity index is 1350. The lowest BCUT2D eigenvalue weighted by Gasteiger charge is -2.09. The molecule has 3 aromatic rings. The summed E-state index contributed by atoms with van der Waals surface area (Å²) in [6.07, 6.45) is 2.32. The van der Waals surface area contributed by atoms with E-state index >= 15 is 0 Å². The van der Waals surface area contributed by atoms with Crippen LogP contribution < -0.4 is 10.1 Å². The van der Waals surface area contributed by atoms with E-state index in [0.717, 1.165) is 6.26 Å². The smallest absolute Gasteiger partial charge is 0.268 e. The van der Waals surface area contributed by atoms with Crippen molar-refractivity contribution in [1.82, 2.24) is 10.2 Å². The first kappa shape index (κ1) is 23.5. The number of benzene rings is 2. The van der Waals surface area contributed by atoms with Crippen LogP contribution in [-0.2, 0) is 21.2 Å². The molecular weight excluding hydrogens is 523 g/mol. The number of aromatic nitrogens is 2. The van der Waals surface area contributed by atoms with E-state index in [1.54, 1.807) is 42.5 Å². The average Bonchev–Trinajstić information content (AvgIpc) is 3.21. The van der Waals surface area contributed by atoms with E-state index in [9.17, 15) is 22.9 Å². The van der Waals surface area contributed by atoms with Gasteiger partial charge in [-0.25, -0.2) is 12.8 Å². The first-order valence-corrected chi connectivity index (χ1v) is 12.3. The largest absolute Gasteiger partial charge is 0.488 e. The van der Waals surface area contributed by atoms with Crippen LogP contribution in [-0.4, -0.2) is 30.8 Å². The van der Waals surface area contributed by atoms with Crippen LogP contribution in [0.15, 0.2) is 56.9 Å². The van der Waals surface area contributed by atoms with Crippen LogP contribution in [0, 0.1) is 17.1 Å². The Labute approximate surface area is 195 Å². The van der Waals surface area contributed by atoms with Crippen LogP contribution in [0.25, 0.3) is 6.08 Å². The molecule has 0 unspecified atom stereocenters. The summed E-state index contributed by atoms with van der Waals surface area (Å²) in [5.74, 6) is -0.679. The monoisotopic (exact) mass is 536 g/mol. The van der Waals surface area contributed by atoms with Gasteiger partial charge < -0.3 is 4.74 Å². The highest BCUT2D eigenvalue weighted by Crippen LogP contribution is 2.28. The molecule has 0 aliphatic heterocycles. The van der Waals surface area contributed by atoms with Crippen molar-refractivity contribution in [1.29, 1.82) is 5.26 Å². The van der Waals surface area contributed by atoms with Gasteiger partial charge in [0.25, 0.3) is 5.91 Å². The first-order chi connectivity index (χ1) is 15.2. The summed E-state index contributed by atoms with van der Waals surface area (Å²) >= 11 is 4.04. The zero-order chi connectivity index (χ0) is 23.3.